The summed E-state index contributed by atoms with van der Waals surface area (Å²) in [4.78, 5) is 16.6. The summed E-state index contributed by atoms with van der Waals surface area (Å²) in [5, 5.41) is 4.38. The Bertz CT molecular complexity index is 922. The van der Waals surface area contributed by atoms with Gasteiger partial charge in [-0.25, -0.2) is 10.4 Å². The van der Waals surface area contributed by atoms with E-state index in [-0.39, 0.29) is 5.91 Å². The number of nitrogens with zero attached hydrogens (tertiary/aromatic N) is 2. The number of rotatable bonds is 6. The van der Waals surface area contributed by atoms with Crippen LogP contribution >= 0.6 is 11.3 Å². The van der Waals surface area contributed by atoms with Crippen LogP contribution in [0.15, 0.2) is 59.7 Å². The first-order valence-corrected chi connectivity index (χ1v) is 8.77. The Hall–Kier alpha value is -3.19. The minimum atomic E-state index is -0.337. The molecule has 0 saturated carbocycles. The summed E-state index contributed by atoms with van der Waals surface area (Å²) >= 11 is 1.13. The van der Waals surface area contributed by atoms with Crippen molar-refractivity contribution >= 4 is 28.6 Å². The molecule has 6 nitrogen and oxygen atoms in total. The van der Waals surface area contributed by atoms with Gasteiger partial charge in [0.05, 0.1) is 11.9 Å². The van der Waals surface area contributed by atoms with Crippen molar-refractivity contribution in [3.8, 4) is 5.75 Å². The van der Waals surface area contributed by atoms with Crippen molar-refractivity contribution in [3.63, 3.8) is 0 Å². The molecule has 3 aromatic rings. The molecule has 0 aliphatic rings. The van der Waals surface area contributed by atoms with Crippen molar-refractivity contribution in [2.75, 3.05) is 5.73 Å². The van der Waals surface area contributed by atoms with E-state index in [2.05, 4.69) is 15.5 Å². The fourth-order valence-corrected chi connectivity index (χ4v) is 3.02. The van der Waals surface area contributed by atoms with E-state index >= 15 is 0 Å². The predicted octanol–water partition coefficient (Wildman–Crippen LogP) is 3.38. The van der Waals surface area contributed by atoms with Crippen LogP contribution in [0.25, 0.3) is 0 Å². The van der Waals surface area contributed by atoms with Gasteiger partial charge in [-0.05, 0) is 24.6 Å². The number of ether oxygens (including phenoxy) is 1. The van der Waals surface area contributed by atoms with Crippen LogP contribution in [0.1, 0.15) is 26.5 Å². The van der Waals surface area contributed by atoms with Crippen LogP contribution in [-0.2, 0) is 6.61 Å². The van der Waals surface area contributed by atoms with Crippen molar-refractivity contribution in [2.24, 2.45) is 5.10 Å². The van der Waals surface area contributed by atoms with Gasteiger partial charge in [-0.15, -0.1) is 0 Å². The third kappa shape index (κ3) is 4.46. The molecule has 0 radical (unpaired) electrons. The van der Waals surface area contributed by atoms with E-state index in [0.29, 0.717) is 28.1 Å². The van der Waals surface area contributed by atoms with E-state index in [0.717, 1.165) is 22.5 Å². The molecule has 1 amide bonds. The van der Waals surface area contributed by atoms with Gasteiger partial charge < -0.3 is 10.5 Å². The second-order valence-electron chi connectivity index (χ2n) is 5.48. The summed E-state index contributed by atoms with van der Waals surface area (Å²) in [6, 6.07) is 17.4. The number of benzene rings is 2. The Kier molecular flexibility index (Phi) is 5.60. The number of hydrazone groups is 1. The van der Waals surface area contributed by atoms with Crippen LogP contribution in [0.5, 0.6) is 5.75 Å². The number of hydrogen-bond acceptors (Lipinski definition) is 6. The summed E-state index contributed by atoms with van der Waals surface area (Å²) in [6.07, 6.45) is 1.55. The minimum absolute atomic E-state index is 0.337. The summed E-state index contributed by atoms with van der Waals surface area (Å²) < 4.78 is 5.86. The minimum Gasteiger partial charge on any atom is -0.488 e. The van der Waals surface area contributed by atoms with Gasteiger partial charge in [-0.1, -0.05) is 53.8 Å². The Morgan fingerprint density at radius 2 is 1.96 bits per heavy atom. The predicted molar refractivity (Wildman–Crippen MR) is 104 cm³/mol. The van der Waals surface area contributed by atoms with Gasteiger partial charge in [0.15, 0.2) is 5.13 Å². The summed E-state index contributed by atoms with van der Waals surface area (Å²) in [6.45, 7) is 2.19. The highest BCUT2D eigenvalue weighted by atomic mass is 32.1. The number of para-hydroxylation sites is 1. The summed E-state index contributed by atoms with van der Waals surface area (Å²) in [5.74, 6) is 0.350. The fourth-order valence-electron chi connectivity index (χ4n) is 2.29. The smallest absolute Gasteiger partial charge is 0.283 e. The van der Waals surface area contributed by atoms with Gasteiger partial charge in [-0.3, -0.25) is 4.79 Å². The van der Waals surface area contributed by atoms with Crippen LogP contribution in [0.3, 0.4) is 0 Å². The summed E-state index contributed by atoms with van der Waals surface area (Å²) in [7, 11) is 0. The lowest BCUT2D eigenvalue weighted by Crippen LogP contribution is -2.17. The lowest BCUT2D eigenvalue weighted by Gasteiger charge is -2.08. The molecule has 0 unspecified atom stereocenters. The SMILES string of the molecule is Cc1nc(N)sc1C(=O)N/N=C\c1ccccc1OCc1ccccc1. The molecule has 0 aliphatic heterocycles. The topological polar surface area (TPSA) is 89.6 Å². The van der Waals surface area contributed by atoms with Crippen molar-refractivity contribution in [1.29, 1.82) is 0 Å². The largest absolute Gasteiger partial charge is 0.488 e. The number of aryl methyl sites for hydroxylation is 1. The van der Waals surface area contributed by atoms with Gasteiger partial charge in [0.1, 0.15) is 17.2 Å². The zero-order valence-electron chi connectivity index (χ0n) is 14.2. The first-order chi connectivity index (χ1) is 12.6. The Morgan fingerprint density at radius 1 is 1.23 bits per heavy atom. The number of hydrogen-bond donors (Lipinski definition) is 2. The van der Waals surface area contributed by atoms with E-state index in [4.69, 9.17) is 10.5 Å². The molecular formula is C19H18N4O2S. The van der Waals surface area contributed by atoms with E-state index in [1.807, 2.05) is 54.6 Å². The number of aromatic nitrogens is 1. The average Bonchev–Trinajstić information content (AvgIpc) is 3.00. The average molecular weight is 366 g/mol. The molecule has 2 aromatic carbocycles. The molecule has 0 atom stereocenters. The Balaban J connectivity index is 1.65. The third-order valence-corrected chi connectivity index (χ3v) is 4.53. The fraction of sp³-hybridized carbons (Fsp3) is 0.105. The molecule has 0 bridgehead atoms. The normalized spacial score (nSPS) is 10.8. The Labute approximate surface area is 155 Å². The standard InChI is InChI=1S/C19H18N4O2S/c1-13-17(26-19(20)22-13)18(24)23-21-11-15-9-5-6-10-16(15)25-12-14-7-3-2-4-8-14/h2-11H,12H2,1H3,(H2,20,22)(H,23,24)/b21-11-. The number of nitrogens with one attached hydrogen (secondary N) is 1. The van der Waals surface area contributed by atoms with Gasteiger partial charge in [0.2, 0.25) is 0 Å². The van der Waals surface area contributed by atoms with Gasteiger partial charge in [0.25, 0.3) is 5.91 Å². The third-order valence-electron chi connectivity index (χ3n) is 3.55. The van der Waals surface area contributed by atoms with Crippen molar-refractivity contribution < 1.29 is 9.53 Å². The Morgan fingerprint density at radius 3 is 2.69 bits per heavy atom. The molecule has 1 aromatic heterocycles. The molecule has 1 heterocycles. The van der Waals surface area contributed by atoms with Crippen molar-refractivity contribution in [1.82, 2.24) is 10.4 Å². The highest BCUT2D eigenvalue weighted by Gasteiger charge is 2.13. The highest BCUT2D eigenvalue weighted by molar-refractivity contribution is 7.17. The van der Waals surface area contributed by atoms with E-state index in [1.165, 1.54) is 0 Å². The highest BCUT2D eigenvalue weighted by Crippen LogP contribution is 2.20. The second kappa shape index (κ2) is 8.26. The zero-order chi connectivity index (χ0) is 18.4. The van der Waals surface area contributed by atoms with E-state index < -0.39 is 0 Å². The number of carbonyl (C=O) groups is 1. The maximum Gasteiger partial charge on any atom is 0.283 e. The first-order valence-electron chi connectivity index (χ1n) is 7.95. The number of anilines is 1. The lowest BCUT2D eigenvalue weighted by molar-refractivity contribution is 0.0958. The van der Waals surface area contributed by atoms with Crippen LogP contribution < -0.4 is 15.9 Å². The van der Waals surface area contributed by atoms with Crippen LogP contribution in [0.4, 0.5) is 5.13 Å². The molecule has 7 heteroatoms. The first kappa shape index (κ1) is 17.6. The maximum absolute atomic E-state index is 12.1. The van der Waals surface area contributed by atoms with Crippen molar-refractivity contribution in [3.05, 3.63) is 76.3 Å². The number of thiazole rings is 1. The van der Waals surface area contributed by atoms with Gasteiger partial charge in [0, 0.05) is 5.56 Å². The monoisotopic (exact) mass is 366 g/mol. The maximum atomic E-state index is 12.1. The van der Waals surface area contributed by atoms with Gasteiger partial charge >= 0.3 is 0 Å². The van der Waals surface area contributed by atoms with Crippen LogP contribution in [0.2, 0.25) is 0 Å². The quantitative estimate of drug-likeness (QED) is 0.517. The molecule has 0 saturated heterocycles. The number of nitrogen functional groups attached to an aromatic ring is 1. The molecule has 132 valence electrons. The molecular weight excluding hydrogens is 348 g/mol. The van der Waals surface area contributed by atoms with Gasteiger partial charge in [-0.2, -0.15) is 5.10 Å². The van der Waals surface area contributed by atoms with Crippen LogP contribution in [0, 0.1) is 6.92 Å². The second-order valence-corrected chi connectivity index (χ2v) is 6.51. The molecule has 26 heavy (non-hydrogen) atoms. The lowest BCUT2D eigenvalue weighted by atomic mass is 10.2. The molecule has 0 aliphatic carbocycles. The number of nitrogens with two attached hydrogens (primary N) is 1. The van der Waals surface area contributed by atoms with Crippen molar-refractivity contribution in [2.45, 2.75) is 13.5 Å². The molecule has 3 rings (SSSR count). The number of amides is 1. The summed E-state index contributed by atoms with van der Waals surface area (Å²) in [5.41, 5.74) is 10.5. The van der Waals surface area contributed by atoms with E-state index in [1.54, 1.807) is 13.1 Å². The number of carbonyl (C=O) groups excluding carboxylic acids is 1. The molecule has 0 spiro atoms. The zero-order valence-corrected chi connectivity index (χ0v) is 15.0. The van der Waals surface area contributed by atoms with Crippen LogP contribution in [-0.4, -0.2) is 17.1 Å². The molecule has 3 N–H and O–H groups in total. The molecule has 0 fully saturated rings. The van der Waals surface area contributed by atoms with E-state index in [9.17, 15) is 4.79 Å².